The monoisotopic (exact) mass is 449 g/mol. The van der Waals surface area contributed by atoms with E-state index in [4.69, 9.17) is 0 Å². The third-order valence-corrected chi connectivity index (χ3v) is 7.67. The zero-order valence-electron chi connectivity index (χ0n) is 19.6. The number of carbonyl (C=O) groups excluding carboxylic acids is 2. The minimum Gasteiger partial charge on any atom is -0.342 e. The molecule has 2 amide bonds. The normalized spacial score (nSPS) is 22.3. The molecule has 5 rings (SSSR count). The number of nitrogens with zero attached hydrogens (tertiary/aromatic N) is 4. The summed E-state index contributed by atoms with van der Waals surface area (Å²) in [5.41, 5.74) is 4.21. The molecule has 2 saturated heterocycles. The van der Waals surface area contributed by atoms with E-state index in [0.717, 1.165) is 57.7 Å². The Labute approximate surface area is 196 Å². The van der Waals surface area contributed by atoms with Gasteiger partial charge in [0.05, 0.1) is 24.0 Å². The lowest BCUT2D eigenvalue weighted by Gasteiger charge is -2.35. The van der Waals surface area contributed by atoms with Gasteiger partial charge in [-0.2, -0.15) is 5.10 Å². The van der Waals surface area contributed by atoms with E-state index in [-0.39, 0.29) is 17.7 Å². The van der Waals surface area contributed by atoms with Crippen LogP contribution in [0, 0.1) is 5.92 Å². The van der Waals surface area contributed by atoms with Crippen molar-refractivity contribution in [3.8, 4) is 0 Å². The van der Waals surface area contributed by atoms with Gasteiger partial charge in [-0.15, -0.1) is 0 Å². The molecular formula is C26H35N5O2. The molecule has 3 aliphatic rings. The van der Waals surface area contributed by atoms with Crippen LogP contribution in [-0.2, 0) is 17.8 Å². The molecule has 1 N–H and O–H groups in total. The number of nitrogens with one attached hydrogen (secondary N) is 1. The Hall–Kier alpha value is -2.67. The maximum absolute atomic E-state index is 13.4. The van der Waals surface area contributed by atoms with E-state index in [2.05, 4.69) is 40.2 Å². The minimum atomic E-state index is 0.0611. The number of hydrogen-bond acceptors (Lipinski definition) is 4. The number of H-pyrrole nitrogens is 1. The Balaban J connectivity index is 1.18. The first-order valence-electron chi connectivity index (χ1n) is 12.5. The summed E-state index contributed by atoms with van der Waals surface area (Å²) in [4.78, 5) is 32.5. The predicted octanol–water partition coefficient (Wildman–Crippen LogP) is 3.05. The Morgan fingerprint density at radius 2 is 1.82 bits per heavy atom. The third-order valence-electron chi connectivity index (χ3n) is 7.67. The van der Waals surface area contributed by atoms with Gasteiger partial charge in [0.15, 0.2) is 0 Å². The predicted molar refractivity (Wildman–Crippen MR) is 127 cm³/mol. The van der Waals surface area contributed by atoms with E-state index < -0.39 is 0 Å². The van der Waals surface area contributed by atoms with Gasteiger partial charge in [-0.05, 0) is 55.7 Å². The summed E-state index contributed by atoms with van der Waals surface area (Å²) in [5, 5.41) is 7.36. The standard InChI is InChI=1S/C26H35N5O2/c1-19-5-4-11-29(16-19)18-24(32)30-12-9-21(10-13-30)25-23(15-27-28-25)26(33)31-14-8-20-6-2-3-7-22(20)17-31/h2-3,6-7,15,19,21H,4-5,8-14,16-18H2,1H3,(H,27,28). The van der Waals surface area contributed by atoms with E-state index in [1.54, 1.807) is 6.20 Å². The molecule has 2 fully saturated rings. The molecule has 33 heavy (non-hydrogen) atoms. The molecule has 0 aliphatic carbocycles. The number of rotatable bonds is 4. The number of benzene rings is 1. The molecule has 3 aliphatic heterocycles. The van der Waals surface area contributed by atoms with Gasteiger partial charge in [-0.3, -0.25) is 19.6 Å². The van der Waals surface area contributed by atoms with E-state index in [1.807, 2.05) is 15.9 Å². The van der Waals surface area contributed by atoms with Crippen molar-refractivity contribution in [1.29, 1.82) is 0 Å². The van der Waals surface area contributed by atoms with Crippen LogP contribution in [0.15, 0.2) is 30.5 Å². The van der Waals surface area contributed by atoms with Crippen LogP contribution in [0.1, 0.15) is 65.7 Å². The number of hydrogen-bond donors (Lipinski definition) is 1. The number of amides is 2. The fraction of sp³-hybridized carbons (Fsp3) is 0.577. The van der Waals surface area contributed by atoms with Gasteiger partial charge in [0.1, 0.15) is 0 Å². The highest BCUT2D eigenvalue weighted by Gasteiger charge is 2.31. The average molecular weight is 450 g/mol. The molecule has 4 heterocycles. The number of fused-ring (bicyclic) bond motifs is 1. The lowest BCUT2D eigenvalue weighted by Crippen LogP contribution is -2.46. The largest absolute Gasteiger partial charge is 0.342 e. The highest BCUT2D eigenvalue weighted by Crippen LogP contribution is 2.30. The van der Waals surface area contributed by atoms with Gasteiger partial charge in [0, 0.05) is 38.6 Å². The Kier molecular flexibility index (Phi) is 6.49. The molecule has 176 valence electrons. The summed E-state index contributed by atoms with van der Waals surface area (Å²) in [5.74, 6) is 1.23. The maximum atomic E-state index is 13.4. The van der Waals surface area contributed by atoms with Crippen molar-refractivity contribution in [3.05, 3.63) is 52.8 Å². The van der Waals surface area contributed by atoms with Crippen LogP contribution in [0.4, 0.5) is 0 Å². The summed E-state index contributed by atoms with van der Waals surface area (Å²) in [6.07, 6.45) is 6.78. The molecule has 0 radical (unpaired) electrons. The second-order valence-corrected chi connectivity index (χ2v) is 10.1. The van der Waals surface area contributed by atoms with Crippen molar-refractivity contribution in [2.45, 2.75) is 51.5 Å². The van der Waals surface area contributed by atoms with E-state index in [0.29, 0.717) is 24.6 Å². The molecule has 1 atom stereocenters. The molecule has 0 saturated carbocycles. The van der Waals surface area contributed by atoms with Gasteiger partial charge in [0.25, 0.3) is 5.91 Å². The fourth-order valence-electron chi connectivity index (χ4n) is 5.76. The van der Waals surface area contributed by atoms with Crippen molar-refractivity contribution in [1.82, 2.24) is 24.9 Å². The summed E-state index contributed by atoms with van der Waals surface area (Å²) < 4.78 is 0. The Bertz CT molecular complexity index is 994. The van der Waals surface area contributed by atoms with Gasteiger partial charge in [0.2, 0.25) is 5.91 Å². The van der Waals surface area contributed by atoms with Crippen molar-refractivity contribution in [2.24, 2.45) is 5.92 Å². The van der Waals surface area contributed by atoms with Gasteiger partial charge in [-0.25, -0.2) is 0 Å². The van der Waals surface area contributed by atoms with Crippen molar-refractivity contribution < 1.29 is 9.59 Å². The highest BCUT2D eigenvalue weighted by molar-refractivity contribution is 5.95. The zero-order valence-corrected chi connectivity index (χ0v) is 19.6. The molecule has 1 aromatic carbocycles. The number of aromatic nitrogens is 2. The van der Waals surface area contributed by atoms with Gasteiger partial charge in [-0.1, -0.05) is 31.2 Å². The molecule has 7 nitrogen and oxygen atoms in total. The van der Waals surface area contributed by atoms with E-state index in [1.165, 1.54) is 24.0 Å². The number of piperidine rings is 2. The van der Waals surface area contributed by atoms with Crippen LogP contribution in [0.3, 0.4) is 0 Å². The lowest BCUT2D eigenvalue weighted by molar-refractivity contribution is -0.133. The molecule has 2 aromatic rings. The van der Waals surface area contributed by atoms with Crippen molar-refractivity contribution >= 4 is 11.8 Å². The lowest BCUT2D eigenvalue weighted by atomic mass is 9.90. The average Bonchev–Trinajstić information content (AvgIpc) is 3.33. The van der Waals surface area contributed by atoms with Crippen LogP contribution in [0.25, 0.3) is 0 Å². The number of carbonyl (C=O) groups is 2. The number of likely N-dealkylation sites (tertiary alicyclic amines) is 2. The molecule has 1 unspecified atom stereocenters. The van der Waals surface area contributed by atoms with Crippen molar-refractivity contribution in [3.63, 3.8) is 0 Å². The van der Waals surface area contributed by atoms with E-state index in [9.17, 15) is 9.59 Å². The summed E-state index contributed by atoms with van der Waals surface area (Å²) in [6, 6.07) is 8.37. The second kappa shape index (κ2) is 9.67. The minimum absolute atomic E-state index is 0.0611. The molecule has 0 spiro atoms. The third kappa shape index (κ3) is 4.83. The Morgan fingerprint density at radius 1 is 1.03 bits per heavy atom. The highest BCUT2D eigenvalue weighted by atomic mass is 16.2. The van der Waals surface area contributed by atoms with E-state index >= 15 is 0 Å². The van der Waals surface area contributed by atoms with Gasteiger partial charge >= 0.3 is 0 Å². The summed E-state index contributed by atoms with van der Waals surface area (Å²) >= 11 is 0. The SMILES string of the molecule is CC1CCCN(CC(=O)N2CCC(c3[nH]ncc3C(=O)N3CCc4ccccc4C3)CC2)C1. The number of aromatic amines is 1. The zero-order chi connectivity index (χ0) is 22.8. The summed E-state index contributed by atoms with van der Waals surface area (Å²) in [6.45, 7) is 7.76. The first-order chi connectivity index (χ1) is 16.1. The van der Waals surface area contributed by atoms with Gasteiger partial charge < -0.3 is 9.80 Å². The molecule has 1 aromatic heterocycles. The topological polar surface area (TPSA) is 72.5 Å². The van der Waals surface area contributed by atoms with Crippen LogP contribution in [0.2, 0.25) is 0 Å². The maximum Gasteiger partial charge on any atom is 0.257 e. The molecule has 0 bridgehead atoms. The quantitative estimate of drug-likeness (QED) is 0.779. The van der Waals surface area contributed by atoms with Crippen molar-refractivity contribution in [2.75, 3.05) is 39.3 Å². The van der Waals surface area contributed by atoms with Crippen LogP contribution >= 0.6 is 0 Å². The molecule has 7 heteroatoms. The smallest absolute Gasteiger partial charge is 0.257 e. The Morgan fingerprint density at radius 3 is 2.61 bits per heavy atom. The summed E-state index contributed by atoms with van der Waals surface area (Å²) in [7, 11) is 0. The fourth-order valence-corrected chi connectivity index (χ4v) is 5.76. The van der Waals surface area contributed by atoms with Crippen LogP contribution < -0.4 is 0 Å². The first kappa shape index (κ1) is 22.1. The molecular weight excluding hydrogens is 414 g/mol. The van der Waals surface area contributed by atoms with Crippen LogP contribution in [0.5, 0.6) is 0 Å². The van der Waals surface area contributed by atoms with Crippen LogP contribution in [-0.4, -0.2) is 76.0 Å². The second-order valence-electron chi connectivity index (χ2n) is 10.1. The first-order valence-corrected chi connectivity index (χ1v) is 12.5.